The molecule has 1 heterocycles. The predicted octanol–water partition coefficient (Wildman–Crippen LogP) is 7.19. The highest BCUT2D eigenvalue weighted by Gasteiger charge is 2.10. The summed E-state index contributed by atoms with van der Waals surface area (Å²) in [4.78, 5) is 4.57. The monoisotopic (exact) mass is 427 g/mol. The Labute approximate surface area is 155 Å². The van der Waals surface area contributed by atoms with Gasteiger partial charge in [-0.05, 0) is 64.0 Å². The van der Waals surface area contributed by atoms with E-state index in [1.165, 1.54) is 23.5 Å². The lowest BCUT2D eigenvalue weighted by Gasteiger charge is -1.98. The van der Waals surface area contributed by atoms with Gasteiger partial charge in [-0.3, -0.25) is 0 Å². The van der Waals surface area contributed by atoms with E-state index in [4.69, 9.17) is 23.2 Å². The molecule has 0 radical (unpaired) electrons. The maximum absolute atomic E-state index is 13.0. The zero-order valence-electron chi connectivity index (χ0n) is 11.6. The number of nitrogens with zero attached hydrogens (tertiary/aromatic N) is 1. The molecule has 0 aliphatic carbocycles. The minimum Gasteiger partial charge on any atom is -0.235 e. The smallest absolute Gasteiger partial charge is 0.123 e. The molecule has 116 valence electrons. The molecule has 0 fully saturated rings. The van der Waals surface area contributed by atoms with Crippen molar-refractivity contribution >= 4 is 62.6 Å². The molecule has 1 nitrogen and oxygen atoms in total. The van der Waals surface area contributed by atoms with E-state index in [9.17, 15) is 4.39 Å². The summed E-state index contributed by atoms with van der Waals surface area (Å²) in [5.74, 6) is -0.266. The van der Waals surface area contributed by atoms with E-state index in [0.717, 1.165) is 25.6 Å². The van der Waals surface area contributed by atoms with Gasteiger partial charge in [-0.25, -0.2) is 9.37 Å². The molecular formula is C17H9BrCl2FNS. The molecule has 0 N–H and O–H groups in total. The minimum atomic E-state index is -0.266. The molecule has 2 aromatic carbocycles. The van der Waals surface area contributed by atoms with Gasteiger partial charge in [-0.2, -0.15) is 0 Å². The van der Waals surface area contributed by atoms with Crippen LogP contribution in [0.1, 0.15) is 10.6 Å². The number of hydrogen-bond acceptors (Lipinski definition) is 2. The Hall–Kier alpha value is -1.20. The Bertz CT molecular complexity index is 875. The highest BCUT2D eigenvalue weighted by Crippen LogP contribution is 2.34. The lowest BCUT2D eigenvalue weighted by Crippen LogP contribution is -1.80. The maximum atomic E-state index is 13.0. The number of thiazole rings is 1. The fourth-order valence-corrected chi connectivity index (χ4v) is 3.98. The number of rotatable bonds is 3. The van der Waals surface area contributed by atoms with Crippen LogP contribution in [0, 0.1) is 5.82 Å². The highest BCUT2D eigenvalue weighted by atomic mass is 79.9. The molecule has 0 unspecified atom stereocenters. The van der Waals surface area contributed by atoms with Crippen LogP contribution >= 0.6 is 50.5 Å². The van der Waals surface area contributed by atoms with E-state index in [2.05, 4.69) is 20.9 Å². The first-order valence-electron chi connectivity index (χ1n) is 6.58. The molecule has 0 aliphatic rings. The van der Waals surface area contributed by atoms with Gasteiger partial charge >= 0.3 is 0 Å². The van der Waals surface area contributed by atoms with Gasteiger partial charge in [0.05, 0.1) is 9.48 Å². The molecule has 3 rings (SSSR count). The van der Waals surface area contributed by atoms with Crippen molar-refractivity contribution in [3.8, 4) is 11.3 Å². The van der Waals surface area contributed by atoms with Gasteiger partial charge < -0.3 is 0 Å². The van der Waals surface area contributed by atoms with Crippen molar-refractivity contribution in [3.05, 3.63) is 72.7 Å². The fraction of sp³-hybridized carbons (Fsp3) is 0. The summed E-state index contributed by atoms with van der Waals surface area (Å²) < 4.78 is 13.9. The summed E-state index contributed by atoms with van der Waals surface area (Å²) in [7, 11) is 0. The molecule has 6 heteroatoms. The lowest BCUT2D eigenvalue weighted by atomic mass is 10.2. The Morgan fingerprint density at radius 3 is 2.48 bits per heavy atom. The molecule has 1 aromatic heterocycles. The van der Waals surface area contributed by atoms with Crippen LogP contribution in [0.3, 0.4) is 0 Å². The van der Waals surface area contributed by atoms with Crippen molar-refractivity contribution < 1.29 is 4.39 Å². The first-order chi connectivity index (χ1) is 11.0. The average molecular weight is 429 g/mol. The van der Waals surface area contributed by atoms with Gasteiger partial charge in [0, 0.05) is 15.6 Å². The van der Waals surface area contributed by atoms with Crippen molar-refractivity contribution in [1.29, 1.82) is 0 Å². The third kappa shape index (κ3) is 4.01. The Morgan fingerprint density at radius 1 is 1.04 bits per heavy atom. The molecule has 0 atom stereocenters. The molecule has 0 aliphatic heterocycles. The summed E-state index contributed by atoms with van der Waals surface area (Å²) in [5.41, 5.74) is 2.52. The number of benzene rings is 2. The Balaban J connectivity index is 1.88. The molecule has 0 amide bonds. The third-order valence-electron chi connectivity index (χ3n) is 3.09. The second-order valence-corrected chi connectivity index (χ2v) is 7.87. The first kappa shape index (κ1) is 16.7. The largest absolute Gasteiger partial charge is 0.235 e. The van der Waals surface area contributed by atoms with Crippen molar-refractivity contribution in [2.24, 2.45) is 0 Å². The summed E-state index contributed by atoms with van der Waals surface area (Å²) in [5, 5.41) is 2.01. The standard InChI is InChI=1S/C17H9BrCl2FNS/c18-17-16(11-2-6-13(21)7-3-11)22-15(23-17)8-4-10-1-5-12(19)9-14(10)20/h1-9H/b8-4+. The average Bonchev–Trinajstić information content (AvgIpc) is 2.88. The van der Waals surface area contributed by atoms with E-state index in [1.807, 2.05) is 18.2 Å². The van der Waals surface area contributed by atoms with Gasteiger partial charge in [0.25, 0.3) is 0 Å². The SMILES string of the molecule is Fc1ccc(-c2nc(/C=C/c3ccc(Cl)cc3Cl)sc2Br)cc1. The molecule has 0 saturated heterocycles. The molecule has 0 spiro atoms. The van der Waals surface area contributed by atoms with E-state index in [1.54, 1.807) is 24.3 Å². The topological polar surface area (TPSA) is 12.9 Å². The maximum Gasteiger partial charge on any atom is 0.123 e. The van der Waals surface area contributed by atoms with Crippen LogP contribution in [-0.4, -0.2) is 4.98 Å². The Kier molecular flexibility index (Phi) is 5.17. The van der Waals surface area contributed by atoms with Gasteiger partial charge in [-0.1, -0.05) is 35.3 Å². The molecule has 0 bridgehead atoms. The van der Waals surface area contributed by atoms with Crippen LogP contribution in [0.4, 0.5) is 4.39 Å². The van der Waals surface area contributed by atoms with Crippen LogP contribution in [-0.2, 0) is 0 Å². The van der Waals surface area contributed by atoms with E-state index in [-0.39, 0.29) is 5.82 Å². The van der Waals surface area contributed by atoms with E-state index >= 15 is 0 Å². The second-order valence-electron chi connectivity index (χ2n) is 4.68. The van der Waals surface area contributed by atoms with Gasteiger partial charge in [0.15, 0.2) is 0 Å². The first-order valence-corrected chi connectivity index (χ1v) is 8.95. The number of halogens is 4. The van der Waals surface area contributed by atoms with Crippen LogP contribution in [0.25, 0.3) is 23.4 Å². The molecular weight excluding hydrogens is 420 g/mol. The summed E-state index contributed by atoms with van der Waals surface area (Å²) in [6, 6.07) is 11.6. The van der Waals surface area contributed by atoms with E-state index in [0.29, 0.717) is 10.0 Å². The van der Waals surface area contributed by atoms with Crippen LogP contribution < -0.4 is 0 Å². The zero-order valence-corrected chi connectivity index (χ0v) is 15.5. The van der Waals surface area contributed by atoms with Gasteiger partial charge in [0.1, 0.15) is 10.8 Å². The molecule has 3 aromatic rings. The van der Waals surface area contributed by atoms with Crippen molar-refractivity contribution in [2.45, 2.75) is 0 Å². The van der Waals surface area contributed by atoms with Crippen molar-refractivity contribution in [3.63, 3.8) is 0 Å². The highest BCUT2D eigenvalue weighted by molar-refractivity contribution is 9.11. The minimum absolute atomic E-state index is 0.266. The quantitative estimate of drug-likeness (QED) is 0.430. The third-order valence-corrected chi connectivity index (χ3v) is 5.32. The summed E-state index contributed by atoms with van der Waals surface area (Å²) in [6.45, 7) is 0. The number of hydrogen-bond donors (Lipinski definition) is 0. The van der Waals surface area contributed by atoms with Gasteiger partial charge in [0.2, 0.25) is 0 Å². The normalized spacial score (nSPS) is 11.3. The molecule has 23 heavy (non-hydrogen) atoms. The van der Waals surface area contributed by atoms with Crippen molar-refractivity contribution in [1.82, 2.24) is 4.98 Å². The zero-order chi connectivity index (χ0) is 16.4. The number of aromatic nitrogens is 1. The Morgan fingerprint density at radius 2 is 1.78 bits per heavy atom. The van der Waals surface area contributed by atoms with Crippen LogP contribution in [0.2, 0.25) is 10.0 Å². The summed E-state index contributed by atoms with van der Waals surface area (Å²) in [6.07, 6.45) is 3.77. The second kappa shape index (κ2) is 7.14. The molecule has 0 saturated carbocycles. The predicted molar refractivity (Wildman–Crippen MR) is 101 cm³/mol. The lowest BCUT2D eigenvalue weighted by molar-refractivity contribution is 0.628. The van der Waals surface area contributed by atoms with Gasteiger partial charge in [-0.15, -0.1) is 11.3 Å². The summed E-state index contributed by atoms with van der Waals surface area (Å²) >= 11 is 17.0. The fourth-order valence-electron chi connectivity index (χ4n) is 1.97. The van der Waals surface area contributed by atoms with Crippen LogP contribution in [0.5, 0.6) is 0 Å². The van der Waals surface area contributed by atoms with Crippen LogP contribution in [0.15, 0.2) is 46.3 Å². The van der Waals surface area contributed by atoms with E-state index < -0.39 is 0 Å². The van der Waals surface area contributed by atoms with Crippen molar-refractivity contribution in [2.75, 3.05) is 0 Å².